The number of para-hydroxylation sites is 2. The zero-order valence-corrected chi connectivity index (χ0v) is 13.7. The third-order valence-electron chi connectivity index (χ3n) is 3.98. The highest BCUT2D eigenvalue weighted by molar-refractivity contribution is 6.00. The number of nitrogens with one attached hydrogen (secondary N) is 4. The molecular weight excluding hydrogens is 328 g/mol. The number of carbonyl (C=O) groups is 1. The van der Waals surface area contributed by atoms with Gasteiger partial charge in [0.15, 0.2) is 0 Å². The Bertz CT molecular complexity index is 1030. The van der Waals surface area contributed by atoms with Crippen LogP contribution in [0.2, 0.25) is 0 Å². The van der Waals surface area contributed by atoms with Crippen LogP contribution < -0.4 is 10.9 Å². The Morgan fingerprint density at radius 1 is 0.769 bits per heavy atom. The summed E-state index contributed by atoms with van der Waals surface area (Å²) in [7, 11) is 0. The molecule has 4 N–H and O–H groups in total. The van der Waals surface area contributed by atoms with Gasteiger partial charge in [-0.15, -0.1) is 0 Å². The van der Waals surface area contributed by atoms with Gasteiger partial charge in [-0.3, -0.25) is 0 Å². The van der Waals surface area contributed by atoms with E-state index in [-0.39, 0.29) is 0 Å². The molecular formula is C19H16N6O. The highest BCUT2D eigenvalue weighted by atomic mass is 16.2. The molecule has 0 aliphatic carbocycles. The Kier molecular flexibility index (Phi) is 4.17. The van der Waals surface area contributed by atoms with Crippen molar-refractivity contribution in [2.45, 2.75) is 0 Å². The number of aromatic amines is 2. The van der Waals surface area contributed by atoms with E-state index in [4.69, 9.17) is 0 Å². The van der Waals surface area contributed by atoms with Gasteiger partial charge in [-0.05, 0) is 12.1 Å². The summed E-state index contributed by atoms with van der Waals surface area (Å²) in [6, 6.07) is 15.2. The molecule has 7 heteroatoms. The first-order chi connectivity index (χ1) is 12.8. The summed E-state index contributed by atoms with van der Waals surface area (Å²) in [5, 5.41) is 9.96. The van der Waals surface area contributed by atoms with Crippen LogP contribution in [0.3, 0.4) is 0 Å². The monoisotopic (exact) mass is 344 g/mol. The topological polar surface area (TPSA) is 97.4 Å². The van der Waals surface area contributed by atoms with Gasteiger partial charge in [-0.25, -0.2) is 15.6 Å². The number of carbonyl (C=O) groups excluding carboxylic acids is 1. The lowest BCUT2D eigenvalue weighted by Crippen LogP contribution is -2.28. The molecule has 2 aromatic heterocycles. The van der Waals surface area contributed by atoms with E-state index < -0.39 is 6.03 Å². The van der Waals surface area contributed by atoms with Crippen LogP contribution in [0.25, 0.3) is 21.8 Å². The molecule has 0 fully saturated rings. The molecule has 26 heavy (non-hydrogen) atoms. The molecule has 0 aliphatic rings. The first kappa shape index (κ1) is 15.6. The summed E-state index contributed by atoms with van der Waals surface area (Å²) >= 11 is 0. The molecule has 2 heterocycles. The number of urea groups is 1. The van der Waals surface area contributed by atoms with E-state index in [1.54, 1.807) is 12.4 Å². The van der Waals surface area contributed by atoms with Gasteiger partial charge in [0.1, 0.15) is 0 Å². The lowest BCUT2D eigenvalue weighted by atomic mass is 10.2. The quantitative estimate of drug-likeness (QED) is 0.331. The van der Waals surface area contributed by atoms with E-state index >= 15 is 0 Å². The van der Waals surface area contributed by atoms with Crippen molar-refractivity contribution in [3.05, 3.63) is 72.1 Å². The smallest absolute Gasteiger partial charge is 0.355 e. The highest BCUT2D eigenvalue weighted by Crippen LogP contribution is 2.16. The van der Waals surface area contributed by atoms with Crippen molar-refractivity contribution in [1.29, 1.82) is 0 Å². The normalized spacial score (nSPS) is 11.7. The Labute approximate surface area is 148 Å². The highest BCUT2D eigenvalue weighted by Gasteiger charge is 2.01. The van der Waals surface area contributed by atoms with Gasteiger partial charge in [0.2, 0.25) is 0 Å². The average Bonchev–Trinajstić information content (AvgIpc) is 3.27. The summed E-state index contributed by atoms with van der Waals surface area (Å²) in [6.45, 7) is 0. The average molecular weight is 344 g/mol. The summed E-state index contributed by atoms with van der Waals surface area (Å²) in [5.74, 6) is 0. The predicted molar refractivity (Wildman–Crippen MR) is 103 cm³/mol. The van der Waals surface area contributed by atoms with Crippen LogP contribution in [0.4, 0.5) is 4.79 Å². The van der Waals surface area contributed by atoms with Crippen LogP contribution in [0.15, 0.2) is 71.1 Å². The standard InChI is InChI=1S/C19H16N6O/c26-19(24-22-11-13-9-20-17-7-3-1-5-15(13)17)25-23-12-14-10-21-18-8-4-2-6-16(14)18/h1-12,20-21H,(H2,24,25,26). The largest absolute Gasteiger partial charge is 0.361 e. The molecule has 0 bridgehead atoms. The summed E-state index contributed by atoms with van der Waals surface area (Å²) < 4.78 is 0. The van der Waals surface area contributed by atoms with Crippen LogP contribution in [0.1, 0.15) is 11.1 Å². The summed E-state index contributed by atoms with van der Waals surface area (Å²) in [6.07, 6.45) is 6.84. The fourth-order valence-corrected chi connectivity index (χ4v) is 2.75. The molecule has 0 unspecified atom stereocenters. The number of rotatable bonds is 4. The number of aromatic nitrogens is 2. The maximum Gasteiger partial charge on any atom is 0.355 e. The van der Waals surface area contributed by atoms with E-state index in [9.17, 15) is 4.79 Å². The van der Waals surface area contributed by atoms with Crippen molar-refractivity contribution in [2.75, 3.05) is 0 Å². The predicted octanol–water partition coefficient (Wildman–Crippen LogP) is 3.32. The second-order valence-electron chi connectivity index (χ2n) is 5.65. The van der Waals surface area contributed by atoms with Crippen LogP contribution >= 0.6 is 0 Å². The van der Waals surface area contributed by atoms with Gasteiger partial charge < -0.3 is 9.97 Å². The molecule has 4 aromatic rings. The Morgan fingerprint density at radius 2 is 1.23 bits per heavy atom. The third-order valence-corrected chi connectivity index (χ3v) is 3.98. The van der Waals surface area contributed by atoms with E-state index in [1.165, 1.54) is 0 Å². The maximum absolute atomic E-state index is 11.8. The van der Waals surface area contributed by atoms with E-state index in [2.05, 4.69) is 31.0 Å². The third kappa shape index (κ3) is 3.18. The van der Waals surface area contributed by atoms with Crippen LogP contribution in [-0.2, 0) is 0 Å². The maximum atomic E-state index is 11.8. The molecule has 0 saturated carbocycles. The minimum atomic E-state index is -0.516. The lowest BCUT2D eigenvalue weighted by molar-refractivity contribution is 0.242. The molecule has 0 spiro atoms. The first-order valence-electron chi connectivity index (χ1n) is 8.05. The van der Waals surface area contributed by atoms with Crippen LogP contribution in [0.5, 0.6) is 0 Å². The number of hydrogen-bond donors (Lipinski definition) is 4. The zero-order valence-electron chi connectivity index (χ0n) is 13.7. The number of nitrogens with zero attached hydrogens (tertiary/aromatic N) is 2. The zero-order chi connectivity index (χ0) is 17.8. The van der Waals surface area contributed by atoms with E-state index in [1.807, 2.05) is 60.9 Å². The van der Waals surface area contributed by atoms with Gasteiger partial charge in [0.25, 0.3) is 0 Å². The number of hydrogen-bond acceptors (Lipinski definition) is 3. The molecule has 0 radical (unpaired) electrons. The van der Waals surface area contributed by atoms with E-state index in [0.717, 1.165) is 32.9 Å². The number of benzene rings is 2. The Morgan fingerprint density at radius 3 is 1.73 bits per heavy atom. The van der Waals surface area contributed by atoms with Crippen molar-refractivity contribution >= 4 is 40.3 Å². The second-order valence-corrected chi connectivity index (χ2v) is 5.65. The molecule has 7 nitrogen and oxygen atoms in total. The van der Waals surface area contributed by atoms with Crippen molar-refractivity contribution in [3.8, 4) is 0 Å². The fraction of sp³-hybridized carbons (Fsp3) is 0. The van der Waals surface area contributed by atoms with Crippen LogP contribution in [0, 0.1) is 0 Å². The van der Waals surface area contributed by atoms with E-state index in [0.29, 0.717) is 0 Å². The van der Waals surface area contributed by atoms with Crippen molar-refractivity contribution in [1.82, 2.24) is 20.8 Å². The van der Waals surface area contributed by atoms with Crippen molar-refractivity contribution in [2.24, 2.45) is 10.2 Å². The Hall–Kier alpha value is -3.87. The molecule has 0 atom stereocenters. The molecule has 2 amide bonds. The minimum absolute atomic E-state index is 0.516. The number of fused-ring (bicyclic) bond motifs is 2. The molecule has 4 rings (SSSR count). The molecule has 2 aromatic carbocycles. The molecule has 0 aliphatic heterocycles. The SMILES string of the molecule is O=C(NN=Cc1c[nH]c2ccccc12)NN=Cc1c[nH]c2ccccc12. The number of amides is 2. The van der Waals surface area contributed by atoms with Gasteiger partial charge in [0.05, 0.1) is 12.4 Å². The van der Waals surface area contributed by atoms with Gasteiger partial charge >= 0.3 is 6.03 Å². The fourth-order valence-electron chi connectivity index (χ4n) is 2.75. The second kappa shape index (κ2) is 6.94. The summed E-state index contributed by atoms with van der Waals surface area (Å²) in [4.78, 5) is 18.1. The first-order valence-corrected chi connectivity index (χ1v) is 8.05. The van der Waals surface area contributed by atoms with Gasteiger partial charge in [0, 0.05) is 45.3 Å². The number of hydrazone groups is 2. The minimum Gasteiger partial charge on any atom is -0.361 e. The molecule has 128 valence electrons. The van der Waals surface area contributed by atoms with Gasteiger partial charge in [-0.1, -0.05) is 36.4 Å². The van der Waals surface area contributed by atoms with Crippen molar-refractivity contribution < 1.29 is 4.79 Å². The Balaban J connectivity index is 1.35. The number of H-pyrrole nitrogens is 2. The van der Waals surface area contributed by atoms with Crippen LogP contribution in [-0.4, -0.2) is 28.4 Å². The summed E-state index contributed by atoms with van der Waals surface area (Å²) in [5.41, 5.74) is 8.59. The van der Waals surface area contributed by atoms with Crippen molar-refractivity contribution in [3.63, 3.8) is 0 Å². The lowest BCUT2D eigenvalue weighted by Gasteiger charge is -1.97. The molecule has 0 saturated heterocycles. The van der Waals surface area contributed by atoms with Gasteiger partial charge in [-0.2, -0.15) is 10.2 Å².